The second kappa shape index (κ2) is 6.69. The molecular weight excluding hydrogens is 200 g/mol. The Bertz CT molecular complexity index is 240. The van der Waals surface area contributed by atoms with Crippen LogP contribution in [0.2, 0.25) is 0 Å². The summed E-state index contributed by atoms with van der Waals surface area (Å²) in [7, 11) is 0. The predicted molar refractivity (Wildman–Crippen MR) is 67.0 cm³/mol. The lowest BCUT2D eigenvalue weighted by Gasteiger charge is -2.29. The quantitative estimate of drug-likeness (QED) is 0.702. The minimum Gasteiger partial charge on any atom is -0.352 e. The molecule has 0 heterocycles. The van der Waals surface area contributed by atoms with Crippen molar-refractivity contribution in [3.05, 3.63) is 12.7 Å². The maximum absolute atomic E-state index is 11.7. The summed E-state index contributed by atoms with van der Waals surface area (Å²) in [6.07, 6.45) is 8.20. The van der Waals surface area contributed by atoms with Crippen molar-refractivity contribution in [1.82, 2.24) is 5.32 Å². The highest BCUT2D eigenvalue weighted by atomic mass is 16.2. The highest BCUT2D eigenvalue weighted by molar-refractivity contribution is 5.81. The van der Waals surface area contributed by atoms with Crippen LogP contribution in [0.4, 0.5) is 0 Å². The number of hydrogen-bond acceptors (Lipinski definition) is 2. The van der Waals surface area contributed by atoms with Gasteiger partial charge in [-0.05, 0) is 25.2 Å². The Morgan fingerprint density at radius 1 is 1.62 bits per heavy atom. The lowest BCUT2D eigenvalue weighted by Crippen LogP contribution is -2.46. The summed E-state index contributed by atoms with van der Waals surface area (Å²) in [5.41, 5.74) is 5.73. The van der Waals surface area contributed by atoms with Gasteiger partial charge in [0.05, 0.1) is 6.04 Å². The summed E-state index contributed by atoms with van der Waals surface area (Å²) in [5.74, 6) is 0.747. The van der Waals surface area contributed by atoms with Crippen molar-refractivity contribution in [2.45, 2.75) is 57.5 Å². The highest BCUT2D eigenvalue weighted by Gasteiger charge is 2.23. The number of nitrogens with two attached hydrogens (primary N) is 1. The summed E-state index contributed by atoms with van der Waals surface area (Å²) in [6, 6.07) is -0.0958. The van der Waals surface area contributed by atoms with Gasteiger partial charge in [-0.1, -0.05) is 32.3 Å². The SMILES string of the molecule is C=CCC(N)C(=O)NC1CCCC(CC)C1. The predicted octanol–water partition coefficient (Wildman–Crippen LogP) is 1.97. The molecule has 3 nitrogen and oxygen atoms in total. The minimum absolute atomic E-state index is 0.0262. The maximum Gasteiger partial charge on any atom is 0.237 e. The largest absolute Gasteiger partial charge is 0.352 e. The van der Waals surface area contributed by atoms with Gasteiger partial charge in [0.25, 0.3) is 0 Å². The fourth-order valence-corrected chi connectivity index (χ4v) is 2.39. The molecule has 3 unspecified atom stereocenters. The molecule has 1 aliphatic rings. The average Bonchev–Trinajstić information content (AvgIpc) is 2.29. The number of hydrogen-bond donors (Lipinski definition) is 2. The molecule has 1 aliphatic carbocycles. The Morgan fingerprint density at radius 2 is 2.38 bits per heavy atom. The molecule has 0 aromatic heterocycles. The molecule has 1 fully saturated rings. The summed E-state index contributed by atoms with van der Waals surface area (Å²) in [4.78, 5) is 11.7. The molecule has 0 radical (unpaired) electrons. The zero-order valence-corrected chi connectivity index (χ0v) is 10.2. The number of carbonyl (C=O) groups excluding carboxylic acids is 1. The first-order chi connectivity index (χ1) is 7.67. The zero-order chi connectivity index (χ0) is 12.0. The molecule has 0 spiro atoms. The normalized spacial score (nSPS) is 27.1. The van der Waals surface area contributed by atoms with E-state index >= 15 is 0 Å². The van der Waals surface area contributed by atoms with Crippen LogP contribution < -0.4 is 11.1 Å². The summed E-state index contributed by atoms with van der Waals surface area (Å²) < 4.78 is 0. The van der Waals surface area contributed by atoms with E-state index in [1.807, 2.05) is 0 Å². The first-order valence-corrected chi connectivity index (χ1v) is 6.34. The molecule has 1 rings (SSSR count). The molecular formula is C13H24N2O. The van der Waals surface area contributed by atoms with Gasteiger partial charge < -0.3 is 11.1 Å². The third-order valence-electron chi connectivity index (χ3n) is 3.46. The van der Waals surface area contributed by atoms with Crippen molar-refractivity contribution in [3.8, 4) is 0 Å². The number of carbonyl (C=O) groups is 1. The van der Waals surface area contributed by atoms with Gasteiger partial charge in [0, 0.05) is 6.04 Å². The van der Waals surface area contributed by atoms with E-state index in [9.17, 15) is 4.79 Å². The van der Waals surface area contributed by atoms with Crippen LogP contribution in [0.15, 0.2) is 12.7 Å². The second-order valence-electron chi connectivity index (χ2n) is 4.78. The lowest BCUT2D eigenvalue weighted by molar-refractivity contribution is -0.123. The minimum atomic E-state index is -0.431. The highest BCUT2D eigenvalue weighted by Crippen LogP contribution is 2.26. The molecule has 0 aromatic carbocycles. The Hall–Kier alpha value is -0.830. The Labute approximate surface area is 98.5 Å². The molecule has 3 atom stereocenters. The van der Waals surface area contributed by atoms with E-state index in [0.717, 1.165) is 18.8 Å². The van der Waals surface area contributed by atoms with E-state index in [0.29, 0.717) is 12.5 Å². The Balaban J connectivity index is 2.35. The average molecular weight is 224 g/mol. The van der Waals surface area contributed by atoms with Crippen molar-refractivity contribution in [3.63, 3.8) is 0 Å². The third-order valence-corrected chi connectivity index (χ3v) is 3.46. The van der Waals surface area contributed by atoms with Crippen molar-refractivity contribution in [2.75, 3.05) is 0 Å². The smallest absolute Gasteiger partial charge is 0.237 e. The Kier molecular flexibility index (Phi) is 5.53. The van der Waals surface area contributed by atoms with E-state index in [1.165, 1.54) is 19.3 Å². The zero-order valence-electron chi connectivity index (χ0n) is 10.2. The number of nitrogens with one attached hydrogen (secondary N) is 1. The van der Waals surface area contributed by atoms with Gasteiger partial charge in [-0.15, -0.1) is 6.58 Å². The van der Waals surface area contributed by atoms with Crippen molar-refractivity contribution in [1.29, 1.82) is 0 Å². The fraction of sp³-hybridized carbons (Fsp3) is 0.769. The van der Waals surface area contributed by atoms with Gasteiger partial charge in [-0.3, -0.25) is 4.79 Å². The first kappa shape index (κ1) is 13.2. The van der Waals surface area contributed by atoms with Crippen LogP contribution in [0.5, 0.6) is 0 Å². The topological polar surface area (TPSA) is 55.1 Å². The Morgan fingerprint density at radius 3 is 3.00 bits per heavy atom. The van der Waals surface area contributed by atoms with Crippen LogP contribution in [-0.2, 0) is 4.79 Å². The molecule has 1 saturated carbocycles. The van der Waals surface area contributed by atoms with E-state index in [2.05, 4.69) is 18.8 Å². The van der Waals surface area contributed by atoms with Gasteiger partial charge in [0.2, 0.25) is 5.91 Å². The van der Waals surface area contributed by atoms with Crippen molar-refractivity contribution >= 4 is 5.91 Å². The van der Waals surface area contributed by atoms with Crippen LogP contribution in [0.3, 0.4) is 0 Å². The standard InChI is InChI=1S/C13H24N2O/c1-3-6-12(14)13(16)15-11-8-5-7-10(4-2)9-11/h3,10-12H,1,4-9,14H2,2H3,(H,15,16). The van der Waals surface area contributed by atoms with Crippen LogP contribution in [0.25, 0.3) is 0 Å². The third kappa shape index (κ3) is 3.97. The number of amides is 1. The van der Waals surface area contributed by atoms with Gasteiger partial charge in [0.1, 0.15) is 0 Å². The summed E-state index contributed by atoms with van der Waals surface area (Å²) in [6.45, 7) is 5.82. The van der Waals surface area contributed by atoms with E-state index in [4.69, 9.17) is 5.73 Å². The van der Waals surface area contributed by atoms with Crippen LogP contribution >= 0.6 is 0 Å². The van der Waals surface area contributed by atoms with E-state index < -0.39 is 6.04 Å². The summed E-state index contributed by atoms with van der Waals surface area (Å²) in [5, 5.41) is 3.06. The number of rotatable bonds is 5. The van der Waals surface area contributed by atoms with Gasteiger partial charge in [-0.2, -0.15) is 0 Å². The van der Waals surface area contributed by atoms with E-state index in [-0.39, 0.29) is 5.91 Å². The van der Waals surface area contributed by atoms with Crippen LogP contribution in [-0.4, -0.2) is 18.0 Å². The maximum atomic E-state index is 11.7. The fourth-order valence-electron chi connectivity index (χ4n) is 2.39. The van der Waals surface area contributed by atoms with Gasteiger partial charge in [-0.25, -0.2) is 0 Å². The van der Waals surface area contributed by atoms with Crippen molar-refractivity contribution in [2.24, 2.45) is 11.7 Å². The van der Waals surface area contributed by atoms with Crippen molar-refractivity contribution < 1.29 is 4.79 Å². The molecule has 3 N–H and O–H groups in total. The monoisotopic (exact) mass is 224 g/mol. The molecule has 0 saturated heterocycles. The molecule has 16 heavy (non-hydrogen) atoms. The molecule has 92 valence electrons. The van der Waals surface area contributed by atoms with Gasteiger partial charge in [0.15, 0.2) is 0 Å². The molecule has 0 bridgehead atoms. The van der Waals surface area contributed by atoms with E-state index in [1.54, 1.807) is 6.08 Å². The summed E-state index contributed by atoms with van der Waals surface area (Å²) >= 11 is 0. The molecule has 0 aromatic rings. The lowest BCUT2D eigenvalue weighted by atomic mass is 9.84. The van der Waals surface area contributed by atoms with Gasteiger partial charge >= 0.3 is 0 Å². The second-order valence-corrected chi connectivity index (χ2v) is 4.78. The van der Waals surface area contributed by atoms with Crippen LogP contribution in [0, 0.1) is 5.92 Å². The molecule has 3 heteroatoms. The molecule has 1 amide bonds. The molecule has 0 aliphatic heterocycles. The first-order valence-electron chi connectivity index (χ1n) is 6.34. The van der Waals surface area contributed by atoms with Crippen LogP contribution in [0.1, 0.15) is 45.4 Å².